The summed E-state index contributed by atoms with van der Waals surface area (Å²) < 4.78 is 0. The van der Waals surface area contributed by atoms with Crippen molar-refractivity contribution < 1.29 is 14.7 Å². The first-order valence-corrected chi connectivity index (χ1v) is 5.08. The maximum Gasteiger partial charge on any atom is 0.308 e. The van der Waals surface area contributed by atoms with Gasteiger partial charge in [-0.05, 0) is 6.42 Å². The molecular weight excluding hydrogens is 194 g/mol. The molecule has 82 valence electrons. The first kappa shape index (κ1) is 11.6. The summed E-state index contributed by atoms with van der Waals surface area (Å²) >= 11 is 0. The quantitative estimate of drug-likeness (QED) is 0.694. The summed E-state index contributed by atoms with van der Waals surface area (Å²) in [6, 6.07) is -0.244. The van der Waals surface area contributed by atoms with Crippen LogP contribution >= 0.6 is 0 Å². The molecule has 2 unspecified atom stereocenters. The summed E-state index contributed by atoms with van der Waals surface area (Å²) in [5.74, 6) is 0.896. The molecular formula is C11H15NO3. The minimum Gasteiger partial charge on any atom is -0.481 e. The molecule has 1 heterocycles. The third-order valence-corrected chi connectivity index (χ3v) is 2.64. The minimum absolute atomic E-state index is 0.0806. The number of amides is 1. The van der Waals surface area contributed by atoms with Gasteiger partial charge >= 0.3 is 5.97 Å². The third kappa shape index (κ3) is 2.50. The van der Waals surface area contributed by atoms with E-state index in [9.17, 15) is 9.59 Å². The van der Waals surface area contributed by atoms with E-state index in [2.05, 4.69) is 5.92 Å². The number of nitrogens with zero attached hydrogens (tertiary/aromatic N) is 1. The Bertz CT molecular complexity index is 305. The molecule has 1 amide bonds. The molecule has 4 nitrogen and oxygen atoms in total. The Morgan fingerprint density at radius 1 is 1.80 bits per heavy atom. The SMILES string of the molecule is C#CC(CCC)N1CC(C(=O)O)CC1=O. The van der Waals surface area contributed by atoms with Gasteiger partial charge in [-0.2, -0.15) is 0 Å². The van der Waals surface area contributed by atoms with Gasteiger partial charge in [0.1, 0.15) is 0 Å². The van der Waals surface area contributed by atoms with Gasteiger partial charge in [0.2, 0.25) is 5.91 Å². The molecule has 1 saturated heterocycles. The van der Waals surface area contributed by atoms with E-state index in [1.807, 2.05) is 6.92 Å². The summed E-state index contributed by atoms with van der Waals surface area (Å²) in [4.78, 5) is 23.8. The number of likely N-dealkylation sites (tertiary alicyclic amines) is 1. The molecule has 0 saturated carbocycles. The highest BCUT2D eigenvalue weighted by Gasteiger charge is 2.36. The van der Waals surface area contributed by atoms with Crippen molar-refractivity contribution in [2.24, 2.45) is 5.92 Å². The van der Waals surface area contributed by atoms with Crippen LogP contribution in [0.15, 0.2) is 0 Å². The average Bonchev–Trinajstić information content (AvgIpc) is 2.57. The van der Waals surface area contributed by atoms with Gasteiger partial charge in [-0.3, -0.25) is 9.59 Å². The Hall–Kier alpha value is -1.50. The average molecular weight is 209 g/mol. The maximum atomic E-state index is 11.5. The van der Waals surface area contributed by atoms with Crippen molar-refractivity contribution >= 4 is 11.9 Å². The Kier molecular flexibility index (Phi) is 3.73. The topological polar surface area (TPSA) is 57.6 Å². The van der Waals surface area contributed by atoms with Gasteiger partial charge in [0, 0.05) is 13.0 Å². The molecule has 1 aliphatic heterocycles. The standard InChI is InChI=1S/C11H15NO3/c1-3-5-9(4-2)12-7-8(11(14)15)6-10(12)13/h2,8-9H,3,5-7H2,1H3,(H,14,15). The van der Waals surface area contributed by atoms with E-state index >= 15 is 0 Å². The van der Waals surface area contributed by atoms with Crippen molar-refractivity contribution in [1.29, 1.82) is 0 Å². The number of carboxylic acid groups (broad SMARTS) is 1. The summed E-state index contributed by atoms with van der Waals surface area (Å²) in [5, 5.41) is 8.80. The highest BCUT2D eigenvalue weighted by molar-refractivity contribution is 5.86. The van der Waals surface area contributed by atoms with Gasteiger partial charge in [-0.15, -0.1) is 6.42 Å². The molecule has 0 aliphatic carbocycles. The number of carbonyl (C=O) groups is 2. The lowest BCUT2D eigenvalue weighted by atomic mass is 10.1. The molecule has 0 bridgehead atoms. The second-order valence-electron chi connectivity index (χ2n) is 3.76. The lowest BCUT2D eigenvalue weighted by Gasteiger charge is -2.22. The van der Waals surface area contributed by atoms with Crippen molar-refractivity contribution in [3.8, 4) is 12.3 Å². The van der Waals surface area contributed by atoms with E-state index in [1.165, 1.54) is 4.90 Å². The van der Waals surface area contributed by atoms with E-state index < -0.39 is 11.9 Å². The second kappa shape index (κ2) is 4.83. The summed E-state index contributed by atoms with van der Waals surface area (Å²) in [6.45, 7) is 2.24. The summed E-state index contributed by atoms with van der Waals surface area (Å²) in [6.07, 6.45) is 7.03. The van der Waals surface area contributed by atoms with Gasteiger partial charge < -0.3 is 10.0 Å². The highest BCUT2D eigenvalue weighted by atomic mass is 16.4. The predicted molar refractivity (Wildman–Crippen MR) is 55.0 cm³/mol. The predicted octanol–water partition coefficient (Wildman–Crippen LogP) is 0.721. The zero-order chi connectivity index (χ0) is 11.4. The Morgan fingerprint density at radius 3 is 2.87 bits per heavy atom. The molecule has 0 aromatic rings. The molecule has 1 N–H and O–H groups in total. The zero-order valence-electron chi connectivity index (χ0n) is 8.77. The van der Waals surface area contributed by atoms with Crippen molar-refractivity contribution in [3.63, 3.8) is 0 Å². The molecule has 1 aliphatic rings. The Labute approximate surface area is 89.3 Å². The monoisotopic (exact) mass is 209 g/mol. The van der Waals surface area contributed by atoms with Crippen LogP contribution in [0, 0.1) is 18.3 Å². The van der Waals surface area contributed by atoms with Crippen LogP contribution in [0.25, 0.3) is 0 Å². The number of terminal acetylenes is 1. The second-order valence-corrected chi connectivity index (χ2v) is 3.76. The fraction of sp³-hybridized carbons (Fsp3) is 0.636. The van der Waals surface area contributed by atoms with Crippen molar-refractivity contribution in [2.75, 3.05) is 6.54 Å². The Morgan fingerprint density at radius 2 is 2.47 bits per heavy atom. The maximum absolute atomic E-state index is 11.5. The Balaban J connectivity index is 2.68. The number of carboxylic acids is 1. The molecule has 0 aromatic heterocycles. The van der Waals surface area contributed by atoms with E-state index in [-0.39, 0.29) is 24.9 Å². The van der Waals surface area contributed by atoms with E-state index in [0.717, 1.165) is 12.8 Å². The third-order valence-electron chi connectivity index (χ3n) is 2.64. The molecule has 1 fully saturated rings. The lowest BCUT2D eigenvalue weighted by molar-refractivity contribution is -0.141. The van der Waals surface area contributed by atoms with Crippen LogP contribution in [0.4, 0.5) is 0 Å². The zero-order valence-corrected chi connectivity index (χ0v) is 8.77. The first-order valence-electron chi connectivity index (χ1n) is 5.08. The summed E-state index contributed by atoms with van der Waals surface area (Å²) in [7, 11) is 0. The van der Waals surface area contributed by atoms with E-state index in [0.29, 0.717) is 0 Å². The van der Waals surface area contributed by atoms with Gasteiger partial charge in [0.25, 0.3) is 0 Å². The molecule has 1 rings (SSSR count). The van der Waals surface area contributed by atoms with Crippen LogP contribution < -0.4 is 0 Å². The smallest absolute Gasteiger partial charge is 0.308 e. The number of aliphatic carboxylic acids is 1. The van der Waals surface area contributed by atoms with Crippen LogP contribution in [-0.4, -0.2) is 34.5 Å². The van der Waals surface area contributed by atoms with Crippen molar-refractivity contribution in [2.45, 2.75) is 32.2 Å². The van der Waals surface area contributed by atoms with Crippen LogP contribution in [-0.2, 0) is 9.59 Å². The van der Waals surface area contributed by atoms with Gasteiger partial charge in [0.05, 0.1) is 12.0 Å². The lowest BCUT2D eigenvalue weighted by Crippen LogP contribution is -2.36. The van der Waals surface area contributed by atoms with Gasteiger partial charge in [-0.25, -0.2) is 0 Å². The molecule has 4 heteroatoms. The van der Waals surface area contributed by atoms with Gasteiger partial charge in [-0.1, -0.05) is 19.3 Å². The van der Waals surface area contributed by atoms with Crippen LogP contribution in [0.1, 0.15) is 26.2 Å². The number of carbonyl (C=O) groups excluding carboxylic acids is 1. The van der Waals surface area contributed by atoms with Gasteiger partial charge in [0.15, 0.2) is 0 Å². The number of hydrogen-bond acceptors (Lipinski definition) is 2. The first-order chi connectivity index (χ1) is 7.10. The number of rotatable bonds is 4. The van der Waals surface area contributed by atoms with Crippen LogP contribution in [0.2, 0.25) is 0 Å². The van der Waals surface area contributed by atoms with E-state index in [1.54, 1.807) is 0 Å². The van der Waals surface area contributed by atoms with Crippen LogP contribution in [0.3, 0.4) is 0 Å². The van der Waals surface area contributed by atoms with E-state index in [4.69, 9.17) is 11.5 Å². The normalized spacial score (nSPS) is 22.5. The van der Waals surface area contributed by atoms with Crippen molar-refractivity contribution in [3.05, 3.63) is 0 Å². The minimum atomic E-state index is -0.918. The molecule has 15 heavy (non-hydrogen) atoms. The molecule has 0 spiro atoms. The fourth-order valence-corrected chi connectivity index (χ4v) is 1.80. The summed E-state index contributed by atoms with van der Waals surface area (Å²) in [5.41, 5.74) is 0. The number of hydrogen-bond donors (Lipinski definition) is 1. The fourth-order valence-electron chi connectivity index (χ4n) is 1.80. The highest BCUT2D eigenvalue weighted by Crippen LogP contribution is 2.21. The molecule has 2 atom stereocenters. The molecule has 0 radical (unpaired) electrons. The molecule has 0 aromatic carbocycles. The van der Waals surface area contributed by atoms with Crippen molar-refractivity contribution in [1.82, 2.24) is 4.90 Å². The largest absolute Gasteiger partial charge is 0.481 e. The van der Waals surface area contributed by atoms with Crippen LogP contribution in [0.5, 0.6) is 0 Å².